The van der Waals surface area contributed by atoms with E-state index in [4.69, 9.17) is 18.3 Å². The Hall–Kier alpha value is -3.95. The van der Waals surface area contributed by atoms with Crippen LogP contribution in [0.2, 0.25) is 0 Å². The van der Waals surface area contributed by atoms with Gasteiger partial charge in [0.15, 0.2) is 0 Å². The quantitative estimate of drug-likeness (QED) is 0.244. The Balaban J connectivity index is 1.60. The summed E-state index contributed by atoms with van der Waals surface area (Å²) in [4.78, 5) is 0. The molecule has 3 aliphatic rings. The van der Waals surface area contributed by atoms with Crippen LogP contribution < -0.4 is 14.4 Å². The third kappa shape index (κ3) is 2.35. The zero-order chi connectivity index (χ0) is 24.6. The van der Waals surface area contributed by atoms with Crippen molar-refractivity contribution in [2.24, 2.45) is 0 Å². The predicted octanol–water partition coefficient (Wildman–Crippen LogP) is 7.24. The van der Waals surface area contributed by atoms with E-state index < -0.39 is 18.4 Å². The van der Waals surface area contributed by atoms with Crippen molar-refractivity contribution in [3.05, 3.63) is 162 Å². The van der Waals surface area contributed by atoms with Crippen LogP contribution in [0, 0.1) is 0 Å². The van der Waals surface area contributed by atoms with Gasteiger partial charge < -0.3 is 0 Å². The normalized spacial score (nSPS) is 26.3. The van der Waals surface area contributed by atoms with E-state index in [9.17, 15) is 0 Å². The molecule has 0 aromatic heterocycles. The molecule has 1 unspecified atom stereocenters. The molecule has 1 spiro atoms. The maximum absolute atomic E-state index is 7.54. The molecule has 2 atom stereocenters. The summed E-state index contributed by atoms with van der Waals surface area (Å²) < 4.78 is 29.5. The second-order valence-electron chi connectivity index (χ2n) is 9.58. The summed E-state index contributed by atoms with van der Waals surface area (Å²) in [6, 6.07) is 46.4. The molecule has 4 nitrogen and oxygen atoms in total. The van der Waals surface area contributed by atoms with Crippen molar-refractivity contribution in [1.82, 2.24) is 0 Å². The molecule has 0 radical (unpaired) electrons. The molecule has 2 bridgehead atoms. The topological polar surface area (TPSA) is 36.9 Å². The van der Waals surface area contributed by atoms with Crippen LogP contribution in [0.1, 0.15) is 22.3 Å². The summed E-state index contributed by atoms with van der Waals surface area (Å²) >= 11 is 0. The predicted molar refractivity (Wildman–Crippen MR) is 144 cm³/mol. The number of ether oxygens (including phenoxy) is 1. The summed E-state index contributed by atoms with van der Waals surface area (Å²) in [7, 11) is -4.43. The van der Waals surface area contributed by atoms with Gasteiger partial charge in [-0.15, -0.1) is 0 Å². The first kappa shape index (κ1) is 21.2. The van der Waals surface area contributed by atoms with Gasteiger partial charge in [0.25, 0.3) is 0 Å². The molecular weight excluding hydrogens is 479 g/mol. The standard InChI is InChI=1S/C32H23O4P/c1-4-14-24(15-5-1)31-27-20-10-12-22-29(27)33-37(36-31,26-18-8-3-9-19-26)32(35-31,25-16-6-2-7-17-25)28-21-11-13-23-30(28)34-37/h1-23H/t31?,32-/m0/s1. The summed E-state index contributed by atoms with van der Waals surface area (Å²) in [5.41, 5.74) is 3.52. The van der Waals surface area contributed by atoms with Crippen molar-refractivity contribution in [3.63, 3.8) is 0 Å². The summed E-state index contributed by atoms with van der Waals surface area (Å²) in [6.07, 6.45) is 0. The van der Waals surface area contributed by atoms with Gasteiger partial charge in [-0.2, -0.15) is 0 Å². The molecule has 5 aromatic carbocycles. The van der Waals surface area contributed by atoms with E-state index in [1.807, 2.05) is 121 Å². The average molecular weight is 503 g/mol. The molecule has 3 heterocycles. The van der Waals surface area contributed by atoms with Gasteiger partial charge in [-0.05, 0) is 0 Å². The van der Waals surface area contributed by atoms with Crippen LogP contribution in [0.4, 0.5) is 0 Å². The van der Waals surface area contributed by atoms with E-state index in [-0.39, 0.29) is 0 Å². The second kappa shape index (κ2) is 7.08. The Kier molecular flexibility index (Phi) is 4.05. The van der Waals surface area contributed by atoms with E-state index in [2.05, 4.69) is 18.2 Å². The molecule has 0 amide bonds. The van der Waals surface area contributed by atoms with Crippen molar-refractivity contribution >= 4 is 12.6 Å². The van der Waals surface area contributed by atoms with E-state index >= 15 is 0 Å². The summed E-state index contributed by atoms with van der Waals surface area (Å²) in [6.45, 7) is 0. The zero-order valence-corrected chi connectivity index (χ0v) is 20.8. The van der Waals surface area contributed by atoms with E-state index in [1.54, 1.807) is 0 Å². The number of benzene rings is 5. The third-order valence-electron chi connectivity index (χ3n) is 7.67. The van der Waals surface area contributed by atoms with E-state index in [1.165, 1.54) is 0 Å². The SMILES string of the molecule is c1ccc(C23O[C@]4(c5ccccc5)c5ccccc5OP4(c4ccccc4)(Oc4ccccc42)O3)cc1. The van der Waals surface area contributed by atoms with Crippen molar-refractivity contribution in [1.29, 1.82) is 0 Å². The van der Waals surface area contributed by atoms with Gasteiger partial charge in [-0.1, -0.05) is 0 Å². The molecule has 0 N–H and O–H groups in total. The number of fused-ring (bicyclic) bond motifs is 5. The molecule has 0 saturated carbocycles. The molecule has 180 valence electrons. The third-order valence-corrected chi connectivity index (χ3v) is 12.2. The van der Waals surface area contributed by atoms with Crippen molar-refractivity contribution < 1.29 is 18.3 Å². The number of para-hydroxylation sites is 2. The van der Waals surface area contributed by atoms with Crippen LogP contribution >= 0.6 is 7.28 Å². The minimum atomic E-state index is -4.43. The van der Waals surface area contributed by atoms with E-state index in [0.29, 0.717) is 11.5 Å². The summed E-state index contributed by atoms with van der Waals surface area (Å²) in [5.74, 6) is 0.145. The molecule has 37 heavy (non-hydrogen) atoms. The molecule has 5 heteroatoms. The van der Waals surface area contributed by atoms with Gasteiger partial charge in [0.2, 0.25) is 0 Å². The average Bonchev–Trinajstić information content (AvgIpc) is 3.34. The molecule has 8 rings (SSSR count). The fraction of sp³-hybridized carbons (Fsp3) is 0.0625. The van der Waals surface area contributed by atoms with Crippen LogP contribution in [-0.4, -0.2) is 0 Å². The van der Waals surface area contributed by atoms with Gasteiger partial charge >= 0.3 is 215 Å². The first-order valence-corrected chi connectivity index (χ1v) is 14.4. The van der Waals surface area contributed by atoms with Crippen LogP contribution in [0.15, 0.2) is 140 Å². The van der Waals surface area contributed by atoms with Gasteiger partial charge in [-0.25, -0.2) is 0 Å². The van der Waals surface area contributed by atoms with Crippen LogP contribution in [-0.2, 0) is 20.4 Å². The molecule has 1 fully saturated rings. The first-order chi connectivity index (χ1) is 18.2. The Bertz CT molecular complexity index is 1660. The van der Waals surface area contributed by atoms with Gasteiger partial charge in [0.1, 0.15) is 0 Å². The summed E-state index contributed by atoms with van der Waals surface area (Å²) in [5, 5.41) is -0.347. The Labute approximate surface area is 215 Å². The Morgan fingerprint density at radius 3 is 1.59 bits per heavy atom. The molecule has 0 aliphatic carbocycles. The second-order valence-corrected chi connectivity index (χ2v) is 13.0. The molecule has 5 aromatic rings. The monoisotopic (exact) mass is 502 g/mol. The Morgan fingerprint density at radius 2 is 0.946 bits per heavy atom. The van der Waals surface area contributed by atoms with E-state index in [0.717, 1.165) is 27.6 Å². The molecular formula is C32H23O4P. The maximum atomic E-state index is 7.54. The van der Waals surface area contributed by atoms with Gasteiger partial charge in [0.05, 0.1) is 0 Å². The minimum absolute atomic E-state index is 0.699. The van der Waals surface area contributed by atoms with Gasteiger partial charge in [-0.3, -0.25) is 0 Å². The number of rotatable bonds is 3. The van der Waals surface area contributed by atoms with Crippen molar-refractivity contribution in [2.75, 3.05) is 0 Å². The fourth-order valence-electron chi connectivity index (χ4n) is 6.21. The fourth-order valence-corrected chi connectivity index (χ4v) is 11.3. The number of hydrogen-bond acceptors (Lipinski definition) is 4. The number of hydrogen-bond donors (Lipinski definition) is 0. The van der Waals surface area contributed by atoms with Gasteiger partial charge in [0, 0.05) is 0 Å². The van der Waals surface area contributed by atoms with Crippen LogP contribution in [0.25, 0.3) is 0 Å². The first-order valence-electron chi connectivity index (χ1n) is 12.4. The molecule has 3 aliphatic heterocycles. The zero-order valence-electron chi connectivity index (χ0n) is 19.9. The molecule has 1 saturated heterocycles. The van der Waals surface area contributed by atoms with Crippen molar-refractivity contribution in [3.8, 4) is 11.5 Å². The van der Waals surface area contributed by atoms with Crippen LogP contribution in [0.5, 0.6) is 11.5 Å². The van der Waals surface area contributed by atoms with Crippen LogP contribution in [0.3, 0.4) is 0 Å². The Morgan fingerprint density at radius 1 is 0.459 bits per heavy atom. The van der Waals surface area contributed by atoms with Crippen molar-refractivity contribution in [2.45, 2.75) is 11.1 Å².